The summed E-state index contributed by atoms with van der Waals surface area (Å²) in [4.78, 5) is 0. The highest BCUT2D eigenvalue weighted by molar-refractivity contribution is 4.90. The molecule has 0 aromatic carbocycles. The fraction of sp³-hybridized carbons (Fsp3) is 0.833. The van der Waals surface area contributed by atoms with Crippen LogP contribution >= 0.6 is 0 Å². The van der Waals surface area contributed by atoms with E-state index >= 15 is 0 Å². The molecule has 0 spiro atoms. The van der Waals surface area contributed by atoms with Gasteiger partial charge in [-0.3, -0.25) is 5.32 Å². The molecule has 0 aliphatic heterocycles. The van der Waals surface area contributed by atoms with E-state index in [1.807, 2.05) is 7.05 Å². The second kappa shape index (κ2) is 2.46. The Morgan fingerprint density at radius 3 is 1.75 bits per heavy atom. The molecule has 0 fully saturated rings. The number of nitrogens with one attached hydrogen (secondary N) is 1. The summed E-state index contributed by atoms with van der Waals surface area (Å²) in [5.41, 5.74) is 5.65. The van der Waals surface area contributed by atoms with Gasteiger partial charge in [-0.2, -0.15) is 0 Å². The van der Waals surface area contributed by atoms with Crippen LogP contribution in [0.1, 0.15) is 20.8 Å². The number of hydrogen-bond donors (Lipinski definition) is 2. The monoisotopic (exact) mass is 115 g/mol. The van der Waals surface area contributed by atoms with E-state index in [4.69, 9.17) is 5.73 Å². The molecule has 8 heavy (non-hydrogen) atoms. The van der Waals surface area contributed by atoms with Gasteiger partial charge in [-0.25, -0.2) is 0 Å². The molecule has 3 N–H and O–H groups in total. The Morgan fingerprint density at radius 2 is 1.75 bits per heavy atom. The maximum atomic E-state index is 5.56. The van der Waals surface area contributed by atoms with Crippen LogP contribution in [0, 0.1) is 11.6 Å². The van der Waals surface area contributed by atoms with Gasteiger partial charge in [0.15, 0.2) is 0 Å². The first-order valence-electron chi connectivity index (χ1n) is 2.79. The fourth-order valence-electron chi connectivity index (χ4n) is 0.375. The minimum absolute atomic E-state index is 0.0920. The van der Waals surface area contributed by atoms with Crippen molar-refractivity contribution >= 4 is 0 Å². The van der Waals surface area contributed by atoms with Crippen molar-refractivity contribution in [2.45, 2.75) is 20.8 Å². The van der Waals surface area contributed by atoms with Gasteiger partial charge in [0.2, 0.25) is 0 Å². The molecule has 0 aromatic rings. The van der Waals surface area contributed by atoms with Gasteiger partial charge in [0.1, 0.15) is 6.17 Å². The first-order valence-corrected chi connectivity index (χ1v) is 2.79. The van der Waals surface area contributed by atoms with Crippen LogP contribution < -0.4 is 11.1 Å². The Kier molecular flexibility index (Phi) is 2.44. The summed E-state index contributed by atoms with van der Waals surface area (Å²) in [7, 11) is 1.83. The minimum atomic E-state index is 0.0920. The average molecular weight is 115 g/mol. The van der Waals surface area contributed by atoms with Crippen molar-refractivity contribution in [2.75, 3.05) is 7.05 Å². The molecule has 1 radical (unpaired) electrons. The molecule has 2 nitrogen and oxygen atoms in total. The quantitative estimate of drug-likeness (QED) is 0.528. The maximum Gasteiger partial charge on any atom is 0.104 e. The van der Waals surface area contributed by atoms with Crippen molar-refractivity contribution in [3.63, 3.8) is 0 Å². The summed E-state index contributed by atoms with van der Waals surface area (Å²) in [5.74, 6) is 0. The molecular formula is C6H15N2. The number of rotatable bonds is 1. The summed E-state index contributed by atoms with van der Waals surface area (Å²) < 4.78 is 0. The van der Waals surface area contributed by atoms with Crippen molar-refractivity contribution in [3.8, 4) is 0 Å². The van der Waals surface area contributed by atoms with E-state index < -0.39 is 0 Å². The molecule has 0 heterocycles. The number of hydrogen-bond acceptors (Lipinski definition) is 2. The van der Waals surface area contributed by atoms with Crippen LogP contribution in [0.5, 0.6) is 0 Å². The smallest absolute Gasteiger partial charge is 0.104 e. The van der Waals surface area contributed by atoms with Crippen LogP contribution in [0.15, 0.2) is 0 Å². The van der Waals surface area contributed by atoms with E-state index in [9.17, 15) is 0 Å². The summed E-state index contributed by atoms with van der Waals surface area (Å²) in [5, 5.41) is 2.90. The molecule has 0 saturated heterocycles. The molecule has 0 aliphatic rings. The molecule has 0 atom stereocenters. The lowest BCUT2D eigenvalue weighted by atomic mass is 9.93. The van der Waals surface area contributed by atoms with E-state index in [0.29, 0.717) is 0 Å². The Hall–Kier alpha value is -0.0800. The third kappa shape index (κ3) is 2.28. The summed E-state index contributed by atoms with van der Waals surface area (Å²) in [6.45, 7) is 6.20. The van der Waals surface area contributed by atoms with Crippen molar-refractivity contribution in [1.29, 1.82) is 0 Å². The zero-order valence-electron chi connectivity index (χ0n) is 6.08. The molecule has 0 saturated carbocycles. The molecule has 0 unspecified atom stereocenters. The normalized spacial score (nSPS) is 12.8. The standard InChI is InChI=1S/C6H15N2/c1-6(2,3)5(7)8-4/h8H,7H2,1-4H3. The van der Waals surface area contributed by atoms with Crippen LogP contribution in [-0.4, -0.2) is 7.05 Å². The van der Waals surface area contributed by atoms with Crippen molar-refractivity contribution in [2.24, 2.45) is 11.1 Å². The first kappa shape index (κ1) is 7.92. The van der Waals surface area contributed by atoms with Crippen LogP contribution in [0.3, 0.4) is 0 Å². The average Bonchev–Trinajstić information content (AvgIpc) is 1.62. The van der Waals surface area contributed by atoms with Gasteiger partial charge in [-0.15, -0.1) is 0 Å². The summed E-state index contributed by atoms with van der Waals surface area (Å²) in [6.07, 6.45) is 0.831. The Balaban J connectivity index is 3.62. The van der Waals surface area contributed by atoms with E-state index in [1.165, 1.54) is 0 Å². The fourth-order valence-corrected chi connectivity index (χ4v) is 0.375. The second-order valence-corrected chi connectivity index (χ2v) is 2.91. The highest BCUT2D eigenvalue weighted by atomic mass is 15.0. The van der Waals surface area contributed by atoms with E-state index in [0.717, 1.165) is 6.17 Å². The van der Waals surface area contributed by atoms with Gasteiger partial charge in [0.05, 0.1) is 0 Å². The largest absolute Gasteiger partial charge is 0.310 e. The molecule has 0 amide bonds. The first-order chi connectivity index (χ1) is 3.48. The second-order valence-electron chi connectivity index (χ2n) is 2.91. The van der Waals surface area contributed by atoms with E-state index in [-0.39, 0.29) is 5.41 Å². The van der Waals surface area contributed by atoms with Gasteiger partial charge in [-0.1, -0.05) is 20.8 Å². The molecular weight excluding hydrogens is 100 g/mol. The predicted molar refractivity (Wildman–Crippen MR) is 35.9 cm³/mol. The lowest BCUT2D eigenvalue weighted by molar-refractivity contribution is 0.388. The molecule has 0 bridgehead atoms. The maximum absolute atomic E-state index is 5.56. The number of nitrogens with two attached hydrogens (primary N) is 1. The lowest BCUT2D eigenvalue weighted by Gasteiger charge is -2.24. The highest BCUT2D eigenvalue weighted by Gasteiger charge is 2.18. The molecule has 0 aromatic heterocycles. The van der Waals surface area contributed by atoms with Crippen molar-refractivity contribution in [3.05, 3.63) is 6.17 Å². The van der Waals surface area contributed by atoms with E-state index in [1.54, 1.807) is 0 Å². The predicted octanol–water partition coefficient (Wildman–Crippen LogP) is 0.700. The van der Waals surface area contributed by atoms with Crippen molar-refractivity contribution < 1.29 is 0 Å². The molecule has 2 heteroatoms. The zero-order valence-corrected chi connectivity index (χ0v) is 6.08. The molecule has 0 rings (SSSR count). The van der Waals surface area contributed by atoms with Gasteiger partial charge in [-0.05, 0) is 12.5 Å². The Bertz CT molecular complexity index is 63.4. The minimum Gasteiger partial charge on any atom is -0.310 e. The van der Waals surface area contributed by atoms with Crippen LogP contribution in [0.2, 0.25) is 0 Å². The SMILES string of the molecule is CN[C](N)C(C)(C)C. The summed E-state index contributed by atoms with van der Waals surface area (Å²) >= 11 is 0. The summed E-state index contributed by atoms with van der Waals surface area (Å²) in [6, 6.07) is 0. The van der Waals surface area contributed by atoms with Gasteiger partial charge >= 0.3 is 0 Å². The highest BCUT2D eigenvalue weighted by Crippen LogP contribution is 2.19. The Morgan fingerprint density at radius 1 is 1.38 bits per heavy atom. The third-order valence-electron chi connectivity index (χ3n) is 1.08. The lowest BCUT2D eigenvalue weighted by Crippen LogP contribution is -2.36. The van der Waals surface area contributed by atoms with E-state index in [2.05, 4.69) is 26.1 Å². The topological polar surface area (TPSA) is 38.0 Å². The molecule has 0 aliphatic carbocycles. The van der Waals surface area contributed by atoms with Crippen LogP contribution in [0.25, 0.3) is 0 Å². The third-order valence-corrected chi connectivity index (χ3v) is 1.08. The van der Waals surface area contributed by atoms with Crippen LogP contribution in [-0.2, 0) is 0 Å². The molecule has 49 valence electrons. The zero-order chi connectivity index (χ0) is 6.78. The van der Waals surface area contributed by atoms with Gasteiger partial charge in [0, 0.05) is 0 Å². The van der Waals surface area contributed by atoms with Crippen LogP contribution in [0.4, 0.5) is 0 Å². The van der Waals surface area contributed by atoms with Crippen molar-refractivity contribution in [1.82, 2.24) is 5.32 Å². The van der Waals surface area contributed by atoms with Gasteiger partial charge < -0.3 is 5.73 Å². The van der Waals surface area contributed by atoms with Gasteiger partial charge in [0.25, 0.3) is 0 Å². The Labute approximate surface area is 51.5 Å².